The minimum atomic E-state index is -1.72. The maximum Gasteiger partial charge on any atom is 0.508 e. The molecule has 3 atom stereocenters. The Morgan fingerprint density at radius 3 is 2.50 bits per heavy atom. The van der Waals surface area contributed by atoms with Crippen LogP contribution in [-0.4, -0.2) is 61.2 Å². The van der Waals surface area contributed by atoms with Gasteiger partial charge in [0.1, 0.15) is 12.6 Å². The first-order chi connectivity index (χ1) is 10.9. The molecule has 0 unspecified atom stereocenters. The summed E-state index contributed by atoms with van der Waals surface area (Å²) in [6, 6.07) is -0.855. The van der Waals surface area contributed by atoms with Gasteiger partial charge in [-0.2, -0.15) is 0 Å². The molecule has 2 fully saturated rings. The van der Waals surface area contributed by atoms with Crippen LogP contribution >= 0.6 is 46.6 Å². The summed E-state index contributed by atoms with van der Waals surface area (Å²) in [5.74, 6) is -1.66. The van der Waals surface area contributed by atoms with Crippen molar-refractivity contribution in [1.82, 2.24) is 4.90 Å². The van der Waals surface area contributed by atoms with Gasteiger partial charge < -0.3 is 19.5 Å². The number of fused-ring (bicyclic) bond motifs is 1. The van der Waals surface area contributed by atoms with Crippen LogP contribution in [0.4, 0.5) is 4.79 Å². The number of halogens is 3. The molecule has 2 rings (SSSR count). The molecule has 2 aliphatic heterocycles. The molecule has 0 aromatic rings. The number of amides is 1. The zero-order valence-corrected chi connectivity index (χ0v) is 15.9. The topological polar surface area (TPSA) is 93.1 Å². The average Bonchev–Trinajstić information content (AvgIpc) is 2.69. The molecule has 11 heteroatoms. The fraction of sp³-hybridized carbons (Fsp3) is 0.769. The van der Waals surface area contributed by atoms with Crippen molar-refractivity contribution >= 4 is 64.6 Å². The first kappa shape index (κ1) is 19.8. The van der Waals surface area contributed by atoms with Gasteiger partial charge in [0.2, 0.25) is 9.70 Å². The van der Waals surface area contributed by atoms with E-state index in [4.69, 9.17) is 39.5 Å². The van der Waals surface area contributed by atoms with Crippen LogP contribution in [0, 0.1) is 5.92 Å². The van der Waals surface area contributed by atoms with Gasteiger partial charge in [0, 0.05) is 4.75 Å². The molecule has 1 amide bonds. The lowest BCUT2D eigenvalue weighted by atomic mass is 9.90. The molecular weight excluding hydrogens is 405 g/mol. The highest BCUT2D eigenvalue weighted by Crippen LogP contribution is 2.53. The van der Waals surface area contributed by atoms with E-state index in [2.05, 4.69) is 4.74 Å². The van der Waals surface area contributed by atoms with Crippen LogP contribution in [0.25, 0.3) is 0 Å². The van der Waals surface area contributed by atoms with E-state index in [0.29, 0.717) is 0 Å². The summed E-state index contributed by atoms with van der Waals surface area (Å²) in [4.78, 5) is 36.3. The number of nitrogens with zero attached hydrogens (tertiary/aromatic N) is 1. The number of alkyl halides is 3. The van der Waals surface area contributed by atoms with Gasteiger partial charge >= 0.3 is 12.1 Å². The van der Waals surface area contributed by atoms with Crippen LogP contribution in [0.3, 0.4) is 0 Å². The Morgan fingerprint density at radius 1 is 1.33 bits per heavy atom. The number of hydrogen-bond acceptors (Lipinski definition) is 6. The monoisotopic (exact) mass is 419 g/mol. The maximum absolute atomic E-state index is 12.2. The molecule has 2 aliphatic rings. The number of carboxylic acid groups (broad SMARTS) is 1. The lowest BCUT2D eigenvalue weighted by Gasteiger charge is -2.43. The largest absolute Gasteiger partial charge is 0.508 e. The Bertz CT molecular complexity index is 552. The number of hydrogen-bond donors (Lipinski definition) is 1. The SMILES string of the molecule is CC1(C)S[C@@H]2[C@@H](CCOC(=O)OCC(Cl)(Cl)Cl)C(=O)N2[C@H]1C(=O)O. The quantitative estimate of drug-likeness (QED) is 0.415. The van der Waals surface area contributed by atoms with Gasteiger partial charge in [0.05, 0.1) is 17.9 Å². The second kappa shape index (κ2) is 6.97. The summed E-state index contributed by atoms with van der Waals surface area (Å²) < 4.78 is 7.13. The van der Waals surface area contributed by atoms with Crippen LogP contribution in [0.5, 0.6) is 0 Å². The highest BCUT2D eigenvalue weighted by atomic mass is 35.6. The first-order valence-corrected chi connectivity index (χ1v) is 9.04. The number of β-lactam (4-membered cyclic amide) rings is 1. The molecular formula is C13H16Cl3NO6S. The third-order valence-corrected chi connectivity index (χ3v) is 5.74. The van der Waals surface area contributed by atoms with Crippen molar-refractivity contribution in [1.29, 1.82) is 0 Å². The van der Waals surface area contributed by atoms with E-state index in [9.17, 15) is 19.5 Å². The summed E-state index contributed by atoms with van der Waals surface area (Å²) in [5.41, 5.74) is 0. The molecule has 0 radical (unpaired) electrons. The molecule has 0 bridgehead atoms. The van der Waals surface area contributed by atoms with Gasteiger partial charge in [-0.05, 0) is 20.3 Å². The number of thioether (sulfide) groups is 1. The molecule has 7 nitrogen and oxygen atoms in total. The van der Waals surface area contributed by atoms with Crippen molar-refractivity contribution in [3.05, 3.63) is 0 Å². The predicted octanol–water partition coefficient (Wildman–Crippen LogP) is 2.66. The Hall–Kier alpha value is -0.570. The molecule has 136 valence electrons. The van der Waals surface area contributed by atoms with E-state index >= 15 is 0 Å². The first-order valence-electron chi connectivity index (χ1n) is 7.03. The van der Waals surface area contributed by atoms with Crippen LogP contribution < -0.4 is 0 Å². The van der Waals surface area contributed by atoms with Gasteiger partial charge in [0.15, 0.2) is 0 Å². The molecule has 24 heavy (non-hydrogen) atoms. The summed E-state index contributed by atoms with van der Waals surface area (Å²) in [6.45, 7) is 3.10. The van der Waals surface area contributed by atoms with E-state index in [0.717, 1.165) is 0 Å². The molecule has 1 N–H and O–H groups in total. The summed E-state index contributed by atoms with van der Waals surface area (Å²) in [5, 5.41) is 9.10. The predicted molar refractivity (Wildman–Crippen MR) is 89.4 cm³/mol. The number of ether oxygens (including phenoxy) is 2. The summed E-state index contributed by atoms with van der Waals surface area (Å²) >= 11 is 17.7. The van der Waals surface area contributed by atoms with Gasteiger partial charge in [-0.1, -0.05) is 34.8 Å². The minimum Gasteiger partial charge on any atom is -0.480 e. The number of carbonyl (C=O) groups excluding carboxylic acids is 2. The standard InChI is InChI=1S/C13H16Cl3NO6S/c1-12(2)7(10(19)20)17-8(18)6(9(17)24-12)3-4-22-11(21)23-5-13(14,15)16/h6-7,9H,3-5H2,1-2H3,(H,19,20)/t6-,7-,9+/m0/s1. The van der Waals surface area contributed by atoms with E-state index in [1.165, 1.54) is 16.7 Å². The molecule has 2 saturated heterocycles. The average molecular weight is 421 g/mol. The number of rotatable bonds is 5. The van der Waals surface area contributed by atoms with Crippen molar-refractivity contribution in [3.63, 3.8) is 0 Å². The van der Waals surface area contributed by atoms with Crippen molar-refractivity contribution < 1.29 is 29.0 Å². The smallest absolute Gasteiger partial charge is 0.480 e. The van der Waals surface area contributed by atoms with Crippen molar-refractivity contribution in [2.45, 2.75) is 40.2 Å². The van der Waals surface area contributed by atoms with E-state index in [1.807, 2.05) is 0 Å². The van der Waals surface area contributed by atoms with Gasteiger partial charge in [0.25, 0.3) is 0 Å². The zero-order valence-electron chi connectivity index (χ0n) is 12.8. The van der Waals surface area contributed by atoms with E-state index in [-0.39, 0.29) is 30.2 Å². The Balaban J connectivity index is 1.81. The Labute approximate surface area is 157 Å². The van der Waals surface area contributed by atoms with Gasteiger partial charge in [-0.3, -0.25) is 4.79 Å². The normalized spacial score (nSPS) is 28.1. The van der Waals surface area contributed by atoms with Crippen molar-refractivity contribution in [3.8, 4) is 0 Å². The van der Waals surface area contributed by atoms with Crippen LogP contribution in [0.2, 0.25) is 0 Å². The zero-order chi connectivity index (χ0) is 18.3. The van der Waals surface area contributed by atoms with Crippen molar-refractivity contribution in [2.24, 2.45) is 5.92 Å². The van der Waals surface area contributed by atoms with Gasteiger partial charge in [-0.15, -0.1) is 11.8 Å². The third-order valence-electron chi connectivity index (χ3n) is 3.79. The Morgan fingerprint density at radius 2 is 1.96 bits per heavy atom. The molecule has 0 aromatic heterocycles. The van der Waals surface area contributed by atoms with E-state index in [1.54, 1.807) is 13.8 Å². The second-order valence-corrected chi connectivity index (χ2v) is 10.3. The summed E-state index contributed by atoms with van der Waals surface area (Å²) in [7, 11) is 0. The van der Waals surface area contributed by atoms with E-state index < -0.39 is 33.3 Å². The van der Waals surface area contributed by atoms with Crippen LogP contribution in [0.15, 0.2) is 0 Å². The fourth-order valence-electron chi connectivity index (χ4n) is 2.81. The maximum atomic E-state index is 12.2. The lowest BCUT2D eigenvalue weighted by Crippen LogP contribution is -2.62. The fourth-order valence-corrected chi connectivity index (χ4v) is 4.69. The van der Waals surface area contributed by atoms with Crippen LogP contribution in [-0.2, 0) is 19.1 Å². The van der Waals surface area contributed by atoms with Gasteiger partial charge in [-0.25, -0.2) is 9.59 Å². The highest BCUT2D eigenvalue weighted by Gasteiger charge is 2.63. The Kier molecular flexibility index (Phi) is 5.74. The number of carboxylic acids is 1. The lowest BCUT2D eigenvalue weighted by molar-refractivity contribution is -0.164. The molecule has 0 saturated carbocycles. The number of aliphatic carboxylic acids is 1. The molecule has 0 aromatic carbocycles. The third kappa shape index (κ3) is 4.15. The molecule has 0 aliphatic carbocycles. The molecule has 0 spiro atoms. The number of carbonyl (C=O) groups is 3. The van der Waals surface area contributed by atoms with Crippen LogP contribution in [0.1, 0.15) is 20.3 Å². The minimum absolute atomic E-state index is 0.0435. The summed E-state index contributed by atoms with van der Waals surface area (Å²) in [6.07, 6.45) is -0.717. The molecule has 2 heterocycles. The van der Waals surface area contributed by atoms with Crippen molar-refractivity contribution in [2.75, 3.05) is 13.2 Å². The highest BCUT2D eigenvalue weighted by molar-refractivity contribution is 8.01. The second-order valence-electron chi connectivity index (χ2n) is 6.00.